The largest absolute Gasteiger partial charge is 0.494 e. The minimum Gasteiger partial charge on any atom is -0.494 e. The van der Waals surface area contributed by atoms with Crippen LogP contribution in [-0.2, 0) is 21.4 Å². The van der Waals surface area contributed by atoms with E-state index in [1.165, 1.54) is 30.3 Å². The average Bonchev–Trinajstić information content (AvgIpc) is 2.81. The van der Waals surface area contributed by atoms with E-state index in [9.17, 15) is 23.3 Å². The summed E-state index contributed by atoms with van der Waals surface area (Å²) in [5.74, 6) is -0.0796. The van der Waals surface area contributed by atoms with Gasteiger partial charge in [0.15, 0.2) is 0 Å². The number of sulfonamides is 1. The van der Waals surface area contributed by atoms with Gasteiger partial charge in [-0.1, -0.05) is 36.4 Å². The fraction of sp³-hybridized carbons (Fsp3) is 0.208. The van der Waals surface area contributed by atoms with Gasteiger partial charge in [0.2, 0.25) is 15.9 Å². The standard InChI is InChI=1S/C24H25N3O6S/c1-3-33-21-11-13-22(14-12-21)34(31,32)26(16-19-7-5-4-6-8-19)17-24(28)25-23-15-20(27(29)30)10-9-18(23)2/h4-15H,3,16-17H2,1-2H3,(H,25,28). The molecule has 3 rings (SSSR count). The molecule has 0 bridgehead atoms. The van der Waals surface area contributed by atoms with Crippen LogP contribution in [0, 0.1) is 17.0 Å². The van der Waals surface area contributed by atoms with Crippen LogP contribution in [-0.4, -0.2) is 36.7 Å². The number of nitro groups is 1. The van der Waals surface area contributed by atoms with E-state index in [4.69, 9.17) is 4.74 Å². The third-order valence-corrected chi connectivity index (χ3v) is 6.81. The number of rotatable bonds is 10. The Labute approximate surface area is 198 Å². The summed E-state index contributed by atoms with van der Waals surface area (Å²) in [6.07, 6.45) is 0. The highest BCUT2D eigenvalue weighted by atomic mass is 32.2. The second-order valence-electron chi connectivity index (χ2n) is 7.47. The van der Waals surface area contributed by atoms with E-state index in [1.807, 2.05) is 13.0 Å². The van der Waals surface area contributed by atoms with E-state index in [2.05, 4.69) is 5.32 Å². The number of nitrogens with zero attached hydrogens (tertiary/aromatic N) is 2. The van der Waals surface area contributed by atoms with Crippen LogP contribution in [0.5, 0.6) is 5.75 Å². The molecule has 1 N–H and O–H groups in total. The molecule has 0 saturated heterocycles. The first kappa shape index (κ1) is 24.9. The van der Waals surface area contributed by atoms with Gasteiger partial charge in [0, 0.05) is 18.7 Å². The summed E-state index contributed by atoms with van der Waals surface area (Å²) in [6, 6.07) is 19.0. The van der Waals surface area contributed by atoms with E-state index >= 15 is 0 Å². The first-order valence-corrected chi connectivity index (χ1v) is 12.0. The van der Waals surface area contributed by atoms with Crippen LogP contribution < -0.4 is 10.1 Å². The first-order valence-electron chi connectivity index (χ1n) is 10.5. The fourth-order valence-corrected chi connectivity index (χ4v) is 4.63. The summed E-state index contributed by atoms with van der Waals surface area (Å²) < 4.78 is 33.3. The highest BCUT2D eigenvalue weighted by Crippen LogP contribution is 2.24. The summed E-state index contributed by atoms with van der Waals surface area (Å²) in [5, 5.41) is 13.7. The number of non-ortho nitro benzene ring substituents is 1. The Morgan fingerprint density at radius 2 is 1.74 bits per heavy atom. The number of carbonyl (C=O) groups is 1. The number of aryl methyl sites for hydroxylation is 1. The van der Waals surface area contributed by atoms with E-state index in [1.54, 1.807) is 43.3 Å². The van der Waals surface area contributed by atoms with Crippen molar-refractivity contribution in [3.05, 3.63) is 94.0 Å². The van der Waals surface area contributed by atoms with Gasteiger partial charge in [-0.3, -0.25) is 14.9 Å². The topological polar surface area (TPSA) is 119 Å². The van der Waals surface area contributed by atoms with E-state index in [0.717, 1.165) is 4.31 Å². The molecule has 0 heterocycles. The summed E-state index contributed by atoms with van der Waals surface area (Å²) in [4.78, 5) is 23.4. The lowest BCUT2D eigenvalue weighted by Crippen LogP contribution is -2.37. The number of hydrogen-bond acceptors (Lipinski definition) is 6. The Balaban J connectivity index is 1.88. The van der Waals surface area contributed by atoms with Crippen molar-refractivity contribution in [2.75, 3.05) is 18.5 Å². The molecule has 0 aromatic heterocycles. The zero-order valence-corrected chi connectivity index (χ0v) is 19.6. The Kier molecular flexibility index (Phi) is 7.98. The normalized spacial score (nSPS) is 11.3. The molecule has 3 aromatic rings. The second-order valence-corrected chi connectivity index (χ2v) is 9.41. The van der Waals surface area contributed by atoms with Gasteiger partial charge in [0.1, 0.15) is 5.75 Å². The highest BCUT2D eigenvalue weighted by Gasteiger charge is 2.27. The van der Waals surface area contributed by atoms with Gasteiger partial charge >= 0.3 is 0 Å². The number of benzene rings is 3. The third-order valence-electron chi connectivity index (χ3n) is 5.00. The maximum atomic E-state index is 13.4. The molecule has 9 nitrogen and oxygen atoms in total. The van der Waals surface area contributed by atoms with Crippen LogP contribution in [0.1, 0.15) is 18.1 Å². The Hall–Kier alpha value is -3.76. The molecule has 1 amide bonds. The van der Waals surface area contributed by atoms with Gasteiger partial charge in [-0.25, -0.2) is 8.42 Å². The van der Waals surface area contributed by atoms with Crippen molar-refractivity contribution in [1.82, 2.24) is 4.31 Å². The predicted molar refractivity (Wildman–Crippen MR) is 128 cm³/mol. The van der Waals surface area contributed by atoms with Gasteiger partial charge in [-0.2, -0.15) is 4.31 Å². The van der Waals surface area contributed by atoms with Gasteiger partial charge in [-0.05, 0) is 49.2 Å². The molecular weight excluding hydrogens is 458 g/mol. The van der Waals surface area contributed by atoms with Gasteiger partial charge in [0.05, 0.1) is 28.7 Å². The van der Waals surface area contributed by atoms with Crippen LogP contribution in [0.4, 0.5) is 11.4 Å². The van der Waals surface area contributed by atoms with Crippen LogP contribution in [0.25, 0.3) is 0 Å². The van der Waals surface area contributed by atoms with Gasteiger partial charge in [-0.15, -0.1) is 0 Å². The SMILES string of the molecule is CCOc1ccc(S(=O)(=O)N(CC(=O)Nc2cc([N+](=O)[O-])ccc2C)Cc2ccccc2)cc1. The van der Waals surface area contributed by atoms with Crippen LogP contribution >= 0.6 is 0 Å². The first-order chi connectivity index (χ1) is 16.2. The Bertz CT molecular complexity index is 1260. The molecule has 0 fully saturated rings. The molecule has 34 heavy (non-hydrogen) atoms. The van der Waals surface area contributed by atoms with Crippen molar-refractivity contribution in [1.29, 1.82) is 0 Å². The van der Waals surface area contributed by atoms with E-state index in [0.29, 0.717) is 23.5 Å². The molecular formula is C24H25N3O6S. The lowest BCUT2D eigenvalue weighted by Gasteiger charge is -2.22. The van der Waals surface area contributed by atoms with Crippen molar-refractivity contribution in [3.63, 3.8) is 0 Å². The maximum Gasteiger partial charge on any atom is 0.271 e. The molecule has 0 aliphatic carbocycles. The van der Waals surface area contributed by atoms with Crippen LogP contribution in [0.2, 0.25) is 0 Å². The molecule has 178 valence electrons. The number of carbonyl (C=O) groups excluding carboxylic acids is 1. The fourth-order valence-electron chi connectivity index (χ4n) is 3.24. The third kappa shape index (κ3) is 6.18. The monoisotopic (exact) mass is 483 g/mol. The number of nitrogens with one attached hydrogen (secondary N) is 1. The summed E-state index contributed by atoms with van der Waals surface area (Å²) >= 11 is 0. The summed E-state index contributed by atoms with van der Waals surface area (Å²) in [7, 11) is -4.04. The zero-order chi connectivity index (χ0) is 24.7. The number of nitro benzene ring substituents is 1. The molecule has 0 radical (unpaired) electrons. The molecule has 0 atom stereocenters. The van der Waals surface area contributed by atoms with Crippen LogP contribution in [0.15, 0.2) is 77.7 Å². The quantitative estimate of drug-likeness (QED) is 0.342. The van der Waals surface area contributed by atoms with E-state index < -0.39 is 27.4 Å². The predicted octanol–water partition coefficient (Wildman–Crippen LogP) is 4.13. The van der Waals surface area contributed by atoms with Crippen molar-refractivity contribution in [2.45, 2.75) is 25.3 Å². The molecule has 0 unspecified atom stereocenters. The average molecular weight is 484 g/mol. The number of hydrogen-bond donors (Lipinski definition) is 1. The molecule has 0 aliphatic rings. The molecule has 0 saturated carbocycles. The van der Waals surface area contributed by atoms with Gasteiger partial charge in [0.25, 0.3) is 5.69 Å². The Morgan fingerprint density at radius 1 is 1.06 bits per heavy atom. The zero-order valence-electron chi connectivity index (χ0n) is 18.8. The van der Waals surface area contributed by atoms with Gasteiger partial charge < -0.3 is 10.1 Å². The van der Waals surface area contributed by atoms with Crippen molar-refractivity contribution in [3.8, 4) is 5.75 Å². The smallest absolute Gasteiger partial charge is 0.271 e. The Morgan fingerprint density at radius 3 is 2.35 bits per heavy atom. The molecule has 3 aromatic carbocycles. The second kappa shape index (κ2) is 10.9. The minimum atomic E-state index is -4.04. The highest BCUT2D eigenvalue weighted by molar-refractivity contribution is 7.89. The number of anilines is 1. The minimum absolute atomic E-state index is 0.0196. The van der Waals surface area contributed by atoms with E-state index in [-0.39, 0.29) is 22.8 Å². The molecule has 0 aliphatic heterocycles. The van der Waals surface area contributed by atoms with Crippen molar-refractivity contribution >= 4 is 27.3 Å². The van der Waals surface area contributed by atoms with Crippen molar-refractivity contribution < 1.29 is 22.9 Å². The summed E-state index contributed by atoms with van der Waals surface area (Å²) in [6.45, 7) is 3.46. The number of amides is 1. The lowest BCUT2D eigenvalue weighted by molar-refractivity contribution is -0.384. The number of ether oxygens (including phenoxy) is 1. The lowest BCUT2D eigenvalue weighted by atomic mass is 10.2. The maximum absolute atomic E-state index is 13.4. The summed E-state index contributed by atoms with van der Waals surface area (Å²) in [5.41, 5.74) is 1.39. The van der Waals surface area contributed by atoms with Crippen molar-refractivity contribution in [2.24, 2.45) is 0 Å². The molecule has 10 heteroatoms. The van der Waals surface area contributed by atoms with Crippen LogP contribution in [0.3, 0.4) is 0 Å². The molecule has 0 spiro atoms.